The highest BCUT2D eigenvalue weighted by Crippen LogP contribution is 2.32. The summed E-state index contributed by atoms with van der Waals surface area (Å²) in [6.45, 7) is -0.187. The van der Waals surface area contributed by atoms with E-state index in [-0.39, 0.29) is 42.0 Å². The van der Waals surface area contributed by atoms with Crippen LogP contribution in [0.5, 0.6) is 11.5 Å². The third kappa shape index (κ3) is 6.81. The van der Waals surface area contributed by atoms with Crippen molar-refractivity contribution in [1.82, 2.24) is 25.4 Å². The van der Waals surface area contributed by atoms with Crippen molar-refractivity contribution in [1.29, 1.82) is 0 Å². The molecule has 11 heteroatoms. The molecule has 150 valence electrons. The summed E-state index contributed by atoms with van der Waals surface area (Å²) in [5.41, 5.74) is 0.526. The van der Waals surface area contributed by atoms with E-state index >= 15 is 0 Å². The molecule has 2 N–H and O–H groups in total. The molecule has 1 heterocycles. The van der Waals surface area contributed by atoms with E-state index in [0.29, 0.717) is 24.7 Å². The lowest BCUT2D eigenvalue weighted by Crippen LogP contribution is -2.37. The Morgan fingerprint density at radius 2 is 2.04 bits per heavy atom. The number of para-hydroxylation sites is 1. The third-order valence-corrected chi connectivity index (χ3v) is 3.46. The number of hydrogen-bond donors (Lipinski definition) is 2. The van der Waals surface area contributed by atoms with Gasteiger partial charge in [-0.1, -0.05) is 12.1 Å². The van der Waals surface area contributed by atoms with E-state index in [9.17, 15) is 8.78 Å². The first-order valence-corrected chi connectivity index (χ1v) is 8.02. The quantitative estimate of drug-likeness (QED) is 0.332. The van der Waals surface area contributed by atoms with Crippen LogP contribution >= 0.6 is 24.0 Å². The van der Waals surface area contributed by atoms with Crippen LogP contribution in [0.3, 0.4) is 0 Å². The molecule has 0 atom stereocenters. The molecule has 0 aliphatic carbocycles. The third-order valence-electron chi connectivity index (χ3n) is 3.46. The maximum absolute atomic E-state index is 12.8. The summed E-state index contributed by atoms with van der Waals surface area (Å²) in [5.74, 6) is 1.50. The first-order chi connectivity index (χ1) is 12.5. The normalized spacial score (nSPS) is 11.1. The number of hydrogen-bond acceptors (Lipinski definition) is 5. The van der Waals surface area contributed by atoms with Crippen LogP contribution in [0.25, 0.3) is 0 Å². The summed E-state index contributed by atoms with van der Waals surface area (Å²) >= 11 is 0. The Kier molecular flexibility index (Phi) is 9.75. The molecule has 0 aliphatic heterocycles. The van der Waals surface area contributed by atoms with Crippen LogP contribution in [0.2, 0.25) is 0 Å². The predicted octanol–water partition coefficient (Wildman–Crippen LogP) is 2.30. The van der Waals surface area contributed by atoms with Crippen LogP contribution < -0.4 is 20.1 Å². The molecule has 8 nitrogen and oxygen atoms in total. The highest BCUT2D eigenvalue weighted by Gasteiger charge is 2.16. The maximum atomic E-state index is 12.8. The Morgan fingerprint density at radius 3 is 2.63 bits per heavy atom. The fourth-order valence-corrected chi connectivity index (χ4v) is 2.24. The van der Waals surface area contributed by atoms with Crippen molar-refractivity contribution in [3.05, 3.63) is 35.9 Å². The zero-order valence-electron chi connectivity index (χ0n) is 15.3. The van der Waals surface area contributed by atoms with Crippen LogP contribution in [0.4, 0.5) is 8.78 Å². The van der Waals surface area contributed by atoms with Crippen molar-refractivity contribution >= 4 is 29.9 Å². The standard InChI is InChI=1S/C16H22F2N6O2.HI/c1-4-25-12-7-5-6-11(14(12)26-15(17)18)8-20-16(19-2)21-9-13-22-10-23-24(13)3;/h5-7,10,15H,4,8-9H2,1-3H3,(H2,19,20,21);1H. The molecule has 0 aliphatic rings. The number of nitrogens with zero attached hydrogens (tertiary/aromatic N) is 4. The first-order valence-electron chi connectivity index (χ1n) is 8.02. The van der Waals surface area contributed by atoms with Crippen LogP contribution in [-0.4, -0.2) is 41.0 Å². The van der Waals surface area contributed by atoms with Gasteiger partial charge in [0.15, 0.2) is 17.5 Å². The van der Waals surface area contributed by atoms with Gasteiger partial charge in [0.05, 0.1) is 13.2 Å². The van der Waals surface area contributed by atoms with Crippen molar-refractivity contribution in [3.63, 3.8) is 0 Å². The summed E-state index contributed by atoms with van der Waals surface area (Å²) < 4.78 is 37.2. The molecule has 2 rings (SSSR count). The van der Waals surface area contributed by atoms with Crippen LogP contribution in [-0.2, 0) is 20.1 Å². The number of aliphatic imine (C=N–C) groups is 1. The smallest absolute Gasteiger partial charge is 0.387 e. The molecule has 0 bridgehead atoms. The Hall–Kier alpha value is -2.18. The van der Waals surface area contributed by atoms with Crippen LogP contribution in [0.1, 0.15) is 18.3 Å². The van der Waals surface area contributed by atoms with E-state index < -0.39 is 6.61 Å². The summed E-state index contributed by atoms with van der Waals surface area (Å²) in [6, 6.07) is 4.99. The molecule has 0 amide bonds. The van der Waals surface area contributed by atoms with Gasteiger partial charge in [-0.3, -0.25) is 9.67 Å². The monoisotopic (exact) mass is 496 g/mol. The average Bonchev–Trinajstić information content (AvgIpc) is 3.02. The maximum Gasteiger partial charge on any atom is 0.387 e. The summed E-state index contributed by atoms with van der Waals surface area (Å²) in [7, 11) is 3.40. The second-order valence-corrected chi connectivity index (χ2v) is 5.14. The minimum atomic E-state index is -2.94. The van der Waals surface area contributed by atoms with Gasteiger partial charge in [0.2, 0.25) is 0 Å². The van der Waals surface area contributed by atoms with E-state index in [1.165, 1.54) is 6.33 Å². The zero-order chi connectivity index (χ0) is 18.9. The second-order valence-electron chi connectivity index (χ2n) is 5.14. The summed E-state index contributed by atoms with van der Waals surface area (Å²) in [4.78, 5) is 8.20. The van der Waals surface area contributed by atoms with Gasteiger partial charge in [-0.05, 0) is 13.0 Å². The molecule has 27 heavy (non-hydrogen) atoms. The number of aryl methyl sites for hydroxylation is 1. The molecule has 2 aromatic rings. The molecule has 0 unspecified atom stereocenters. The van der Waals surface area contributed by atoms with Crippen LogP contribution in [0, 0.1) is 0 Å². The van der Waals surface area contributed by atoms with Crippen molar-refractivity contribution in [3.8, 4) is 11.5 Å². The zero-order valence-corrected chi connectivity index (χ0v) is 17.6. The minimum absolute atomic E-state index is 0. The number of aromatic nitrogens is 3. The summed E-state index contributed by atoms with van der Waals surface area (Å²) in [6.07, 6.45) is 1.46. The number of rotatable bonds is 8. The van der Waals surface area contributed by atoms with Gasteiger partial charge in [0, 0.05) is 26.2 Å². The average molecular weight is 496 g/mol. The van der Waals surface area contributed by atoms with E-state index in [4.69, 9.17) is 4.74 Å². The molecule has 1 aromatic heterocycles. The van der Waals surface area contributed by atoms with Gasteiger partial charge in [-0.15, -0.1) is 24.0 Å². The molecule has 1 aromatic carbocycles. The number of benzene rings is 1. The highest BCUT2D eigenvalue weighted by atomic mass is 127. The van der Waals surface area contributed by atoms with E-state index in [0.717, 1.165) is 5.82 Å². The molecule has 0 spiro atoms. The van der Waals surface area contributed by atoms with Crippen molar-refractivity contribution in [2.24, 2.45) is 12.0 Å². The number of alkyl halides is 2. The molecule has 0 saturated heterocycles. The fraction of sp³-hybridized carbons (Fsp3) is 0.438. The summed E-state index contributed by atoms with van der Waals surface area (Å²) in [5, 5.41) is 10.1. The Bertz CT molecular complexity index is 741. The van der Waals surface area contributed by atoms with E-state index in [1.807, 2.05) is 0 Å². The minimum Gasteiger partial charge on any atom is -0.490 e. The molecule has 0 saturated carbocycles. The second kappa shape index (κ2) is 11.5. The topological polar surface area (TPSA) is 85.6 Å². The van der Waals surface area contributed by atoms with Gasteiger partial charge >= 0.3 is 6.61 Å². The van der Waals surface area contributed by atoms with Gasteiger partial charge in [-0.2, -0.15) is 13.9 Å². The molecule has 0 fully saturated rings. The van der Waals surface area contributed by atoms with Crippen molar-refractivity contribution < 1.29 is 18.3 Å². The highest BCUT2D eigenvalue weighted by molar-refractivity contribution is 14.0. The van der Waals surface area contributed by atoms with Crippen molar-refractivity contribution in [2.45, 2.75) is 26.6 Å². The molecular formula is C16H23F2IN6O2. The van der Waals surface area contributed by atoms with Gasteiger partial charge in [0.25, 0.3) is 0 Å². The first kappa shape index (κ1) is 22.9. The van der Waals surface area contributed by atoms with Gasteiger partial charge in [-0.25, -0.2) is 4.98 Å². The largest absolute Gasteiger partial charge is 0.490 e. The van der Waals surface area contributed by atoms with Crippen molar-refractivity contribution in [2.75, 3.05) is 13.7 Å². The number of nitrogens with one attached hydrogen (secondary N) is 2. The van der Waals surface area contributed by atoms with E-state index in [2.05, 4.69) is 30.4 Å². The molecular weight excluding hydrogens is 473 g/mol. The lowest BCUT2D eigenvalue weighted by atomic mass is 10.2. The predicted molar refractivity (Wildman–Crippen MR) is 108 cm³/mol. The lowest BCUT2D eigenvalue weighted by molar-refractivity contribution is -0.0520. The van der Waals surface area contributed by atoms with E-state index in [1.54, 1.807) is 43.9 Å². The van der Waals surface area contributed by atoms with Crippen LogP contribution in [0.15, 0.2) is 29.5 Å². The lowest BCUT2D eigenvalue weighted by Gasteiger charge is -2.17. The number of halogens is 3. The SMILES string of the molecule is CCOc1cccc(CNC(=NC)NCc2ncnn2C)c1OC(F)F.I. The Balaban J connectivity index is 0.00000364. The number of guanidine groups is 1. The Morgan fingerprint density at radius 1 is 1.30 bits per heavy atom. The van der Waals surface area contributed by atoms with Gasteiger partial charge in [0.1, 0.15) is 12.2 Å². The molecule has 0 radical (unpaired) electrons. The fourth-order valence-electron chi connectivity index (χ4n) is 2.24. The Labute approximate surface area is 173 Å². The number of ether oxygens (including phenoxy) is 2. The van der Waals surface area contributed by atoms with Gasteiger partial charge < -0.3 is 20.1 Å².